The maximum atomic E-state index is 5.85. The van der Waals surface area contributed by atoms with E-state index in [1.54, 1.807) is 0 Å². The molecule has 0 amide bonds. The van der Waals surface area contributed by atoms with Gasteiger partial charge >= 0.3 is 0 Å². The summed E-state index contributed by atoms with van der Waals surface area (Å²) in [7, 11) is 0. The first-order valence-electron chi connectivity index (χ1n) is 5.89. The molecule has 4 heteroatoms. The normalized spacial score (nSPS) is 20.6. The monoisotopic (exact) mass is 224 g/mol. The molecule has 1 aliphatic heterocycles. The maximum absolute atomic E-state index is 5.85. The van der Waals surface area contributed by atoms with Crippen LogP contribution in [0, 0.1) is 6.92 Å². The van der Waals surface area contributed by atoms with Crippen LogP contribution in [0.25, 0.3) is 0 Å². The van der Waals surface area contributed by atoms with Crippen LogP contribution in [0.3, 0.4) is 0 Å². The number of nitrogens with zero attached hydrogens (tertiary/aromatic N) is 1. The van der Waals surface area contributed by atoms with Crippen molar-refractivity contribution in [2.24, 2.45) is 5.73 Å². The van der Waals surface area contributed by atoms with Crippen molar-refractivity contribution in [3.63, 3.8) is 0 Å². The zero-order valence-corrected chi connectivity index (χ0v) is 9.82. The molecule has 2 heterocycles. The van der Waals surface area contributed by atoms with E-state index in [1.807, 2.05) is 19.1 Å². The van der Waals surface area contributed by atoms with Gasteiger partial charge in [-0.2, -0.15) is 0 Å². The van der Waals surface area contributed by atoms with Gasteiger partial charge in [0.05, 0.1) is 12.6 Å². The van der Waals surface area contributed by atoms with E-state index in [0.717, 1.165) is 44.2 Å². The molecule has 1 aromatic rings. The first kappa shape index (κ1) is 11.6. The van der Waals surface area contributed by atoms with Crippen molar-refractivity contribution in [1.29, 1.82) is 0 Å². The first-order chi connectivity index (χ1) is 7.81. The summed E-state index contributed by atoms with van der Waals surface area (Å²) in [6.07, 6.45) is 1.07. The van der Waals surface area contributed by atoms with Crippen molar-refractivity contribution in [3.8, 4) is 0 Å². The van der Waals surface area contributed by atoms with Crippen LogP contribution in [0.1, 0.15) is 24.0 Å². The Morgan fingerprint density at radius 2 is 2.25 bits per heavy atom. The maximum Gasteiger partial charge on any atom is 0.122 e. The van der Waals surface area contributed by atoms with Gasteiger partial charge in [-0.15, -0.1) is 0 Å². The fourth-order valence-corrected chi connectivity index (χ4v) is 2.15. The van der Waals surface area contributed by atoms with Crippen molar-refractivity contribution in [3.05, 3.63) is 23.7 Å². The van der Waals surface area contributed by atoms with Crippen molar-refractivity contribution in [1.82, 2.24) is 4.90 Å². The molecule has 0 saturated carbocycles. The Hall–Kier alpha value is -0.840. The molecule has 1 fully saturated rings. The fourth-order valence-electron chi connectivity index (χ4n) is 2.15. The van der Waals surface area contributed by atoms with Crippen LogP contribution in [0.2, 0.25) is 0 Å². The minimum Gasteiger partial charge on any atom is -0.465 e. The van der Waals surface area contributed by atoms with Gasteiger partial charge in [0.25, 0.3) is 0 Å². The molecule has 2 N–H and O–H groups in total. The summed E-state index contributed by atoms with van der Waals surface area (Å²) in [5.74, 6) is 1.92. The predicted molar refractivity (Wildman–Crippen MR) is 62.2 cm³/mol. The lowest BCUT2D eigenvalue weighted by Gasteiger charge is -2.27. The van der Waals surface area contributed by atoms with Crippen LogP contribution >= 0.6 is 0 Å². The average molecular weight is 224 g/mol. The summed E-state index contributed by atoms with van der Waals surface area (Å²) in [6.45, 7) is 6.15. The second-order valence-corrected chi connectivity index (χ2v) is 4.20. The molecule has 1 unspecified atom stereocenters. The van der Waals surface area contributed by atoms with E-state index in [0.29, 0.717) is 6.54 Å². The number of hydrogen-bond acceptors (Lipinski definition) is 4. The minimum atomic E-state index is 0.190. The molecule has 0 aliphatic carbocycles. The average Bonchev–Trinajstić information content (AvgIpc) is 2.55. The molecule has 90 valence electrons. The van der Waals surface area contributed by atoms with E-state index in [9.17, 15) is 0 Å². The van der Waals surface area contributed by atoms with Crippen LogP contribution in [-0.2, 0) is 4.74 Å². The molecule has 16 heavy (non-hydrogen) atoms. The van der Waals surface area contributed by atoms with Gasteiger partial charge in [-0.05, 0) is 25.5 Å². The first-order valence-corrected chi connectivity index (χ1v) is 5.89. The molecule has 0 spiro atoms. The molecule has 1 saturated heterocycles. The van der Waals surface area contributed by atoms with Crippen LogP contribution in [-0.4, -0.2) is 37.7 Å². The lowest BCUT2D eigenvalue weighted by Crippen LogP contribution is -2.35. The molecular weight excluding hydrogens is 204 g/mol. The SMILES string of the molecule is Cc1ccc(C(CN)N2CCCOCC2)o1. The Kier molecular flexibility index (Phi) is 3.98. The smallest absolute Gasteiger partial charge is 0.122 e. The summed E-state index contributed by atoms with van der Waals surface area (Å²) < 4.78 is 11.1. The Labute approximate surface area is 96.4 Å². The number of nitrogens with two attached hydrogens (primary N) is 1. The van der Waals surface area contributed by atoms with Crippen molar-refractivity contribution < 1.29 is 9.15 Å². The van der Waals surface area contributed by atoms with Crippen LogP contribution in [0.5, 0.6) is 0 Å². The van der Waals surface area contributed by atoms with E-state index in [-0.39, 0.29) is 6.04 Å². The lowest BCUT2D eigenvalue weighted by atomic mass is 10.2. The third-order valence-electron chi connectivity index (χ3n) is 3.01. The number of rotatable bonds is 3. The highest BCUT2D eigenvalue weighted by molar-refractivity contribution is 5.10. The van der Waals surface area contributed by atoms with Gasteiger partial charge in [0, 0.05) is 26.2 Å². The van der Waals surface area contributed by atoms with Crippen LogP contribution in [0.15, 0.2) is 16.5 Å². The molecule has 1 aromatic heterocycles. The summed E-state index contributed by atoms with van der Waals surface area (Å²) in [5, 5.41) is 0. The highest BCUT2D eigenvalue weighted by atomic mass is 16.5. The highest BCUT2D eigenvalue weighted by Gasteiger charge is 2.22. The van der Waals surface area contributed by atoms with Crippen molar-refractivity contribution in [2.45, 2.75) is 19.4 Å². The van der Waals surface area contributed by atoms with E-state index < -0.39 is 0 Å². The number of furan rings is 1. The van der Waals surface area contributed by atoms with E-state index in [4.69, 9.17) is 14.9 Å². The molecule has 0 radical (unpaired) electrons. The Morgan fingerprint density at radius 1 is 1.38 bits per heavy atom. The third kappa shape index (κ3) is 2.64. The summed E-state index contributed by atoms with van der Waals surface area (Å²) in [5.41, 5.74) is 5.85. The molecule has 0 bridgehead atoms. The third-order valence-corrected chi connectivity index (χ3v) is 3.01. The Morgan fingerprint density at radius 3 is 2.94 bits per heavy atom. The van der Waals surface area contributed by atoms with Gasteiger partial charge in [-0.25, -0.2) is 0 Å². The fraction of sp³-hybridized carbons (Fsp3) is 0.667. The quantitative estimate of drug-likeness (QED) is 0.841. The van der Waals surface area contributed by atoms with Gasteiger partial charge in [0.15, 0.2) is 0 Å². The molecule has 1 atom stereocenters. The van der Waals surface area contributed by atoms with Gasteiger partial charge in [-0.3, -0.25) is 4.90 Å². The predicted octanol–water partition coefficient (Wildman–Crippen LogP) is 1.31. The zero-order valence-electron chi connectivity index (χ0n) is 9.82. The minimum absolute atomic E-state index is 0.190. The number of ether oxygens (including phenoxy) is 1. The summed E-state index contributed by atoms with van der Waals surface area (Å²) >= 11 is 0. The van der Waals surface area contributed by atoms with E-state index >= 15 is 0 Å². The van der Waals surface area contributed by atoms with Gasteiger partial charge < -0.3 is 14.9 Å². The molecule has 4 nitrogen and oxygen atoms in total. The van der Waals surface area contributed by atoms with E-state index in [1.165, 1.54) is 0 Å². The standard InChI is InChI=1S/C12H20N2O2/c1-10-3-4-12(16-10)11(9-13)14-5-2-7-15-8-6-14/h3-4,11H,2,5-9,13H2,1H3. The number of hydrogen-bond donors (Lipinski definition) is 1. The van der Waals surface area contributed by atoms with Gasteiger partial charge in [0.2, 0.25) is 0 Å². The Balaban J connectivity index is 2.08. The summed E-state index contributed by atoms with van der Waals surface area (Å²) in [6, 6.07) is 4.21. The highest BCUT2D eigenvalue weighted by Crippen LogP contribution is 2.22. The molecule has 2 rings (SSSR count). The largest absolute Gasteiger partial charge is 0.465 e. The Bertz CT molecular complexity index is 317. The summed E-state index contributed by atoms with van der Waals surface area (Å²) in [4.78, 5) is 2.35. The lowest BCUT2D eigenvalue weighted by molar-refractivity contribution is 0.128. The van der Waals surface area contributed by atoms with E-state index in [2.05, 4.69) is 4.90 Å². The number of aryl methyl sites for hydroxylation is 1. The second-order valence-electron chi connectivity index (χ2n) is 4.20. The molecular formula is C12H20N2O2. The van der Waals surface area contributed by atoms with Gasteiger partial charge in [-0.1, -0.05) is 0 Å². The molecule has 1 aliphatic rings. The second kappa shape index (κ2) is 5.48. The van der Waals surface area contributed by atoms with Crippen LogP contribution < -0.4 is 5.73 Å². The van der Waals surface area contributed by atoms with Crippen molar-refractivity contribution in [2.75, 3.05) is 32.8 Å². The van der Waals surface area contributed by atoms with Gasteiger partial charge in [0.1, 0.15) is 11.5 Å². The van der Waals surface area contributed by atoms with Crippen molar-refractivity contribution >= 4 is 0 Å². The topological polar surface area (TPSA) is 51.6 Å². The van der Waals surface area contributed by atoms with Crippen LogP contribution in [0.4, 0.5) is 0 Å². The zero-order chi connectivity index (χ0) is 11.4. The molecule has 0 aromatic carbocycles.